The largest absolute Gasteiger partial charge is 0.459 e. The minimum atomic E-state index is -4.30. The topological polar surface area (TPSA) is 193 Å². The molecule has 3 heterocycles. The number of carbonyl (C=O) groups excluding carboxylic acids is 1. The van der Waals surface area contributed by atoms with Crippen LogP contribution in [0.4, 0.5) is 5.82 Å². The number of fused-ring (bicyclic) bond motifs is 3. The van der Waals surface area contributed by atoms with E-state index in [0.29, 0.717) is 16.6 Å². The van der Waals surface area contributed by atoms with E-state index in [4.69, 9.17) is 24.3 Å². The van der Waals surface area contributed by atoms with Gasteiger partial charge >= 0.3 is 13.7 Å². The van der Waals surface area contributed by atoms with Gasteiger partial charge in [-0.05, 0) is 39.1 Å². The van der Waals surface area contributed by atoms with Crippen molar-refractivity contribution in [2.45, 2.75) is 69.3 Å². The molecule has 1 saturated carbocycles. The second kappa shape index (κ2) is 10.5. The molecular weight excluding hydrogens is 579 g/mol. The van der Waals surface area contributed by atoms with Crippen molar-refractivity contribution >= 4 is 41.5 Å². The molecule has 1 saturated heterocycles. The van der Waals surface area contributed by atoms with Gasteiger partial charge in [-0.15, -0.1) is 0 Å². The van der Waals surface area contributed by atoms with Crippen LogP contribution in [0.25, 0.3) is 21.9 Å². The van der Waals surface area contributed by atoms with E-state index in [0.717, 1.165) is 5.39 Å². The van der Waals surface area contributed by atoms with E-state index < -0.39 is 61.9 Å². The molecule has 228 valence electrons. The average Bonchev–Trinajstić information content (AvgIpc) is 3.20. The Labute approximate surface area is 246 Å². The smallest absolute Gasteiger partial charge is 0.459 e. The number of nitrogens with zero attached hydrogens (tertiary/aromatic N) is 4. The van der Waals surface area contributed by atoms with Crippen LogP contribution >= 0.6 is 7.75 Å². The normalized spacial score (nSPS) is 27.0. The summed E-state index contributed by atoms with van der Waals surface area (Å²) in [4.78, 5) is 25.1. The minimum absolute atomic E-state index is 0.185. The molecule has 2 aromatic heterocycles. The third kappa shape index (κ3) is 5.35. The van der Waals surface area contributed by atoms with Crippen LogP contribution in [-0.2, 0) is 23.4 Å². The van der Waals surface area contributed by atoms with Crippen molar-refractivity contribution in [3.63, 3.8) is 0 Å². The summed E-state index contributed by atoms with van der Waals surface area (Å²) in [6.07, 6.45) is -0.578. The van der Waals surface area contributed by atoms with Gasteiger partial charge in [-0.1, -0.05) is 36.4 Å². The van der Waals surface area contributed by atoms with Crippen molar-refractivity contribution in [3.8, 4) is 5.75 Å². The van der Waals surface area contributed by atoms with Crippen molar-refractivity contribution in [2.24, 2.45) is 0 Å². The molecule has 43 heavy (non-hydrogen) atoms. The Hall–Kier alpha value is -3.65. The number of esters is 1. The molecule has 5 N–H and O–H groups in total. The molecular formula is C28H33N6O8P. The summed E-state index contributed by atoms with van der Waals surface area (Å²) in [5.41, 5.74) is 4.17. The van der Waals surface area contributed by atoms with E-state index in [9.17, 15) is 19.6 Å². The first-order valence-electron chi connectivity index (χ1n) is 13.7. The fourth-order valence-electron chi connectivity index (χ4n) is 5.35. The number of hydrogen-bond acceptors (Lipinski definition) is 12. The average molecular weight is 613 g/mol. The van der Waals surface area contributed by atoms with Gasteiger partial charge in [-0.2, -0.15) is 5.09 Å². The number of nitrogens with two attached hydrogens (primary N) is 1. The second-order valence-electron chi connectivity index (χ2n) is 11.7. The highest BCUT2D eigenvalue weighted by molar-refractivity contribution is 7.52. The molecule has 1 aliphatic heterocycles. The number of aliphatic hydroxyl groups is 2. The van der Waals surface area contributed by atoms with E-state index in [-0.39, 0.29) is 11.6 Å². The summed E-state index contributed by atoms with van der Waals surface area (Å²) in [5, 5.41) is 26.6. The Morgan fingerprint density at radius 3 is 2.67 bits per heavy atom. The molecule has 2 aromatic carbocycles. The zero-order valence-corrected chi connectivity index (χ0v) is 24.8. The van der Waals surface area contributed by atoms with E-state index in [1.807, 2.05) is 24.3 Å². The summed E-state index contributed by atoms with van der Waals surface area (Å²) in [6, 6.07) is 10.8. The summed E-state index contributed by atoms with van der Waals surface area (Å²) in [7, 11) is -4.30. The Morgan fingerprint density at radius 2 is 1.95 bits per heavy atom. The first-order valence-corrected chi connectivity index (χ1v) is 15.3. The highest BCUT2D eigenvalue weighted by Gasteiger charge is 2.77. The molecule has 4 unspecified atom stereocenters. The van der Waals surface area contributed by atoms with Gasteiger partial charge in [0, 0.05) is 5.39 Å². The highest BCUT2D eigenvalue weighted by Crippen LogP contribution is 2.59. The van der Waals surface area contributed by atoms with Crippen LogP contribution in [-0.4, -0.2) is 77.9 Å². The summed E-state index contributed by atoms with van der Waals surface area (Å²) >= 11 is 0. The van der Waals surface area contributed by atoms with Crippen molar-refractivity contribution < 1.29 is 38.1 Å². The zero-order chi connectivity index (χ0) is 30.7. The van der Waals surface area contributed by atoms with E-state index in [1.54, 1.807) is 43.5 Å². The Kier molecular flexibility index (Phi) is 7.19. The number of nitrogens with one attached hydrogen (secondary N) is 1. The number of rotatable bonds is 9. The third-order valence-corrected chi connectivity index (χ3v) is 9.06. The van der Waals surface area contributed by atoms with Gasteiger partial charge in [0.2, 0.25) is 0 Å². The number of carbonyl (C=O) groups is 1. The van der Waals surface area contributed by atoms with E-state index in [2.05, 4.69) is 20.0 Å². The van der Waals surface area contributed by atoms with Crippen LogP contribution in [0.1, 0.15) is 33.7 Å². The lowest BCUT2D eigenvalue weighted by molar-refractivity contribution is -0.156. The van der Waals surface area contributed by atoms with E-state index >= 15 is 0 Å². The second-order valence-corrected chi connectivity index (χ2v) is 13.4. The first kappa shape index (κ1) is 29.4. The number of anilines is 1. The molecule has 7 atom stereocenters. The quantitative estimate of drug-likeness (QED) is 0.159. The molecule has 0 bridgehead atoms. The molecule has 1 aliphatic carbocycles. The van der Waals surface area contributed by atoms with E-state index in [1.165, 1.54) is 19.6 Å². The maximum atomic E-state index is 14.2. The van der Waals surface area contributed by atoms with Gasteiger partial charge in [0.25, 0.3) is 0 Å². The highest BCUT2D eigenvalue weighted by atomic mass is 31.2. The van der Waals surface area contributed by atoms with Crippen molar-refractivity contribution in [2.75, 3.05) is 12.3 Å². The van der Waals surface area contributed by atoms with Gasteiger partial charge in [-0.3, -0.25) is 9.32 Å². The molecule has 0 spiro atoms. The molecule has 15 heteroatoms. The summed E-state index contributed by atoms with van der Waals surface area (Å²) < 4.78 is 38.8. The lowest BCUT2D eigenvalue weighted by Gasteiger charge is -2.28. The Morgan fingerprint density at radius 1 is 1.21 bits per heavy atom. The summed E-state index contributed by atoms with van der Waals surface area (Å²) in [5.74, 6) is -0.220. The summed E-state index contributed by atoms with van der Waals surface area (Å²) in [6.45, 7) is 6.21. The van der Waals surface area contributed by atoms with Crippen molar-refractivity contribution in [1.29, 1.82) is 0 Å². The Bertz CT molecular complexity index is 1740. The van der Waals surface area contributed by atoms with Crippen LogP contribution in [0, 0.1) is 0 Å². The van der Waals surface area contributed by atoms with Gasteiger partial charge in [-0.25, -0.2) is 19.5 Å². The number of aliphatic hydroxyl groups excluding tert-OH is 1. The first-order chi connectivity index (χ1) is 20.3. The standard InChI is InChI=1S/C28H33N6O8P/c1-15(26(36)41-27(2,3)4)33-43(38,42-18-11-7-9-16-8-5-6-10-17(16)18)39-12-19-22(35)28(37)21(23(28)40-19)34-14-32-20-24(29)30-13-31-25(20)34/h5-11,13-15,19,21-23,35,37H,12H2,1-4H3,(H,33,38)(H2,29,30,31)/t15-,19+,21+,22?,23?,28?,43?/m0/s1. The molecule has 0 amide bonds. The zero-order valence-electron chi connectivity index (χ0n) is 23.9. The maximum absolute atomic E-state index is 14.2. The van der Waals surface area contributed by atoms with Gasteiger partial charge in [0.15, 0.2) is 11.5 Å². The number of benzene rings is 2. The van der Waals surface area contributed by atoms with Crippen molar-refractivity contribution in [3.05, 3.63) is 55.1 Å². The van der Waals surface area contributed by atoms with Crippen LogP contribution in [0.5, 0.6) is 5.75 Å². The van der Waals surface area contributed by atoms with Crippen LogP contribution in [0.2, 0.25) is 0 Å². The molecule has 6 rings (SSSR count). The van der Waals surface area contributed by atoms with Gasteiger partial charge < -0.3 is 34.5 Å². The number of imidazole rings is 1. The number of ether oxygens (including phenoxy) is 2. The van der Waals surface area contributed by atoms with Crippen LogP contribution in [0.15, 0.2) is 55.1 Å². The number of hydrogen-bond donors (Lipinski definition) is 4. The monoisotopic (exact) mass is 612 g/mol. The van der Waals surface area contributed by atoms with Crippen LogP contribution < -0.4 is 15.3 Å². The van der Waals surface area contributed by atoms with Crippen molar-refractivity contribution in [1.82, 2.24) is 24.6 Å². The van der Waals surface area contributed by atoms with Gasteiger partial charge in [0.1, 0.15) is 53.1 Å². The number of nitrogen functional groups attached to an aromatic ring is 1. The lowest BCUT2D eigenvalue weighted by atomic mass is 10.1. The molecule has 4 aromatic rings. The molecule has 2 fully saturated rings. The third-order valence-electron chi connectivity index (χ3n) is 7.43. The lowest BCUT2D eigenvalue weighted by Crippen LogP contribution is -2.41. The van der Waals surface area contributed by atoms with Crippen LogP contribution in [0.3, 0.4) is 0 Å². The number of aromatic nitrogens is 4. The fourth-order valence-corrected chi connectivity index (χ4v) is 6.87. The molecule has 14 nitrogen and oxygen atoms in total. The van der Waals surface area contributed by atoms with Gasteiger partial charge in [0.05, 0.1) is 19.0 Å². The maximum Gasteiger partial charge on any atom is 0.459 e. The fraction of sp³-hybridized carbons (Fsp3) is 0.429. The predicted octanol–water partition coefficient (Wildman–Crippen LogP) is 2.50. The molecule has 2 aliphatic rings. The minimum Gasteiger partial charge on any atom is -0.459 e. The molecule has 0 radical (unpaired) electrons. The SMILES string of the molecule is C[C@H](NP(=O)(OC[C@H]1OC2[C@@H](n3cnc4c(N)ncnc43)C2(O)C1O)Oc1cccc2ccccc12)C(=O)OC(C)(C)C. The predicted molar refractivity (Wildman–Crippen MR) is 155 cm³/mol. The Balaban J connectivity index is 1.20.